The van der Waals surface area contributed by atoms with Crippen LogP contribution in [-0.2, 0) is 4.74 Å². The van der Waals surface area contributed by atoms with Gasteiger partial charge in [-0.3, -0.25) is 0 Å². The van der Waals surface area contributed by atoms with Gasteiger partial charge in [0.15, 0.2) is 0 Å². The van der Waals surface area contributed by atoms with Crippen LogP contribution in [0.1, 0.15) is 31.1 Å². The Kier molecular flexibility index (Phi) is 4.62. The number of aromatic carboxylic acids is 1. The van der Waals surface area contributed by atoms with Crippen molar-refractivity contribution < 1.29 is 19.4 Å². The van der Waals surface area contributed by atoms with Gasteiger partial charge in [0.05, 0.1) is 26.0 Å². The Labute approximate surface area is 123 Å². The van der Waals surface area contributed by atoms with Gasteiger partial charge in [-0.1, -0.05) is 20.8 Å². The van der Waals surface area contributed by atoms with E-state index in [1.165, 1.54) is 6.20 Å². The minimum atomic E-state index is -1.09. The molecule has 21 heavy (non-hydrogen) atoms. The molecule has 2 heterocycles. The number of carboxylic acids is 1. The molecule has 1 aromatic rings. The van der Waals surface area contributed by atoms with E-state index < -0.39 is 5.97 Å². The van der Waals surface area contributed by atoms with Gasteiger partial charge in [0.1, 0.15) is 5.56 Å². The van der Waals surface area contributed by atoms with Crippen LogP contribution >= 0.6 is 0 Å². The quantitative estimate of drug-likeness (QED) is 0.899. The van der Waals surface area contributed by atoms with E-state index >= 15 is 0 Å². The van der Waals surface area contributed by atoms with Crippen LogP contribution in [-0.4, -0.2) is 54.0 Å². The van der Waals surface area contributed by atoms with Crippen molar-refractivity contribution in [2.24, 2.45) is 5.41 Å². The molecule has 0 amide bonds. The largest absolute Gasteiger partial charge is 0.477 e. The van der Waals surface area contributed by atoms with Crippen molar-refractivity contribution in [1.29, 1.82) is 0 Å². The number of hydrogen-bond acceptors (Lipinski definition) is 6. The number of aromatic nitrogens is 2. The van der Waals surface area contributed by atoms with Gasteiger partial charge in [-0.25, -0.2) is 9.78 Å². The number of carboxylic acid groups (broad SMARTS) is 1. The average molecular weight is 295 g/mol. The van der Waals surface area contributed by atoms with Crippen LogP contribution < -0.4 is 9.64 Å². The Balaban J connectivity index is 2.23. The average Bonchev–Trinajstić information content (AvgIpc) is 2.45. The third-order valence-corrected chi connectivity index (χ3v) is 2.91. The van der Waals surface area contributed by atoms with E-state index in [0.29, 0.717) is 38.9 Å². The predicted octanol–water partition coefficient (Wildman–Crippen LogP) is 1.44. The molecule has 0 aromatic carbocycles. The molecular weight excluding hydrogens is 274 g/mol. The Morgan fingerprint density at radius 3 is 2.67 bits per heavy atom. The second kappa shape index (κ2) is 6.26. The fourth-order valence-electron chi connectivity index (χ4n) is 1.81. The molecule has 0 saturated carbocycles. The molecule has 0 spiro atoms. The van der Waals surface area contributed by atoms with E-state index in [9.17, 15) is 9.90 Å². The molecule has 1 saturated heterocycles. The highest BCUT2D eigenvalue weighted by Gasteiger charge is 2.21. The summed E-state index contributed by atoms with van der Waals surface area (Å²) >= 11 is 0. The number of anilines is 1. The van der Waals surface area contributed by atoms with Crippen molar-refractivity contribution in [2.45, 2.75) is 20.8 Å². The topological polar surface area (TPSA) is 84.8 Å². The van der Waals surface area contributed by atoms with Crippen LogP contribution in [0.5, 0.6) is 5.88 Å². The van der Waals surface area contributed by atoms with Crippen LogP contribution in [0, 0.1) is 5.41 Å². The molecule has 1 fully saturated rings. The number of rotatable bonds is 4. The Morgan fingerprint density at radius 2 is 2.10 bits per heavy atom. The summed E-state index contributed by atoms with van der Waals surface area (Å²) < 4.78 is 10.9. The molecule has 7 nitrogen and oxygen atoms in total. The predicted molar refractivity (Wildman–Crippen MR) is 77.0 cm³/mol. The summed E-state index contributed by atoms with van der Waals surface area (Å²) in [6.07, 6.45) is 1.30. The Hall–Kier alpha value is -1.89. The smallest absolute Gasteiger partial charge is 0.342 e. The highest BCUT2D eigenvalue weighted by atomic mass is 16.5. The van der Waals surface area contributed by atoms with E-state index in [1.54, 1.807) is 0 Å². The summed E-state index contributed by atoms with van der Waals surface area (Å²) in [5.74, 6) is -0.492. The zero-order chi connectivity index (χ0) is 15.5. The normalized spacial score (nSPS) is 15.9. The number of hydrogen-bond donors (Lipinski definition) is 1. The van der Waals surface area contributed by atoms with Crippen molar-refractivity contribution in [1.82, 2.24) is 9.97 Å². The maximum Gasteiger partial charge on any atom is 0.342 e. The molecule has 0 atom stereocenters. The highest BCUT2D eigenvalue weighted by molar-refractivity contribution is 5.89. The van der Waals surface area contributed by atoms with Crippen molar-refractivity contribution in [2.75, 3.05) is 37.8 Å². The molecule has 0 unspecified atom stereocenters. The third kappa shape index (κ3) is 4.29. The fraction of sp³-hybridized carbons (Fsp3) is 0.643. The zero-order valence-electron chi connectivity index (χ0n) is 12.6. The minimum Gasteiger partial charge on any atom is -0.477 e. The molecule has 1 aliphatic rings. The van der Waals surface area contributed by atoms with Gasteiger partial charge < -0.3 is 19.5 Å². The maximum atomic E-state index is 11.2. The van der Waals surface area contributed by atoms with Gasteiger partial charge in [-0.05, 0) is 5.41 Å². The lowest BCUT2D eigenvalue weighted by molar-refractivity contribution is 0.0687. The molecule has 2 rings (SSSR count). The number of morpholine rings is 1. The van der Waals surface area contributed by atoms with Crippen LogP contribution in [0.15, 0.2) is 6.20 Å². The van der Waals surface area contributed by atoms with Gasteiger partial charge in [-0.2, -0.15) is 4.98 Å². The highest BCUT2D eigenvalue weighted by Crippen LogP contribution is 2.22. The molecule has 0 bridgehead atoms. The molecular formula is C14H21N3O4. The first kappa shape index (κ1) is 15.5. The van der Waals surface area contributed by atoms with Gasteiger partial charge in [-0.15, -0.1) is 0 Å². The summed E-state index contributed by atoms with van der Waals surface area (Å²) in [6, 6.07) is 0. The lowest BCUT2D eigenvalue weighted by Gasteiger charge is -2.27. The van der Waals surface area contributed by atoms with E-state index in [1.807, 2.05) is 25.7 Å². The molecule has 1 aliphatic heterocycles. The van der Waals surface area contributed by atoms with Gasteiger partial charge in [0.25, 0.3) is 0 Å². The minimum absolute atomic E-state index is 0.0174. The number of ether oxygens (including phenoxy) is 2. The Morgan fingerprint density at radius 1 is 1.43 bits per heavy atom. The standard InChI is InChI=1S/C14H21N3O4/c1-14(2,3)9-21-11-10(12(18)19)8-15-13(16-11)17-4-6-20-7-5-17/h8H,4-7,9H2,1-3H3,(H,18,19). The van der Waals surface area contributed by atoms with Crippen LogP contribution in [0.3, 0.4) is 0 Å². The van der Waals surface area contributed by atoms with Crippen LogP contribution in [0.4, 0.5) is 5.95 Å². The molecule has 1 aromatic heterocycles. The second-order valence-electron chi connectivity index (χ2n) is 6.14. The van der Waals surface area contributed by atoms with Gasteiger partial charge >= 0.3 is 5.97 Å². The summed E-state index contributed by atoms with van der Waals surface area (Å²) in [5, 5.41) is 9.20. The SMILES string of the molecule is CC(C)(C)COc1nc(N2CCOCC2)ncc1C(=O)O. The monoisotopic (exact) mass is 295 g/mol. The van der Waals surface area contributed by atoms with Crippen molar-refractivity contribution in [3.05, 3.63) is 11.8 Å². The van der Waals surface area contributed by atoms with E-state index in [-0.39, 0.29) is 16.9 Å². The third-order valence-electron chi connectivity index (χ3n) is 2.91. The first-order valence-electron chi connectivity index (χ1n) is 6.93. The number of carbonyl (C=O) groups is 1. The van der Waals surface area contributed by atoms with Crippen LogP contribution in [0.2, 0.25) is 0 Å². The van der Waals surface area contributed by atoms with Gasteiger partial charge in [0, 0.05) is 13.1 Å². The first-order valence-corrected chi connectivity index (χ1v) is 6.93. The lowest BCUT2D eigenvalue weighted by atomic mass is 9.99. The van der Waals surface area contributed by atoms with Crippen molar-refractivity contribution in [3.63, 3.8) is 0 Å². The summed E-state index contributed by atoms with van der Waals surface area (Å²) in [7, 11) is 0. The molecule has 1 N–H and O–H groups in total. The summed E-state index contributed by atoms with van der Waals surface area (Å²) in [6.45, 7) is 9.01. The fourth-order valence-corrected chi connectivity index (χ4v) is 1.81. The zero-order valence-corrected chi connectivity index (χ0v) is 12.6. The first-order chi connectivity index (χ1) is 9.87. The van der Waals surface area contributed by atoms with Crippen molar-refractivity contribution in [3.8, 4) is 5.88 Å². The van der Waals surface area contributed by atoms with E-state index in [0.717, 1.165) is 0 Å². The maximum absolute atomic E-state index is 11.2. The molecule has 0 aliphatic carbocycles. The van der Waals surface area contributed by atoms with Crippen LogP contribution in [0.25, 0.3) is 0 Å². The van der Waals surface area contributed by atoms with Crippen molar-refractivity contribution >= 4 is 11.9 Å². The van der Waals surface area contributed by atoms with E-state index in [2.05, 4.69) is 9.97 Å². The molecule has 116 valence electrons. The molecule has 0 radical (unpaired) electrons. The second-order valence-corrected chi connectivity index (χ2v) is 6.14. The number of nitrogens with zero attached hydrogens (tertiary/aromatic N) is 3. The molecule has 7 heteroatoms. The summed E-state index contributed by atoms with van der Waals surface area (Å²) in [4.78, 5) is 21.6. The summed E-state index contributed by atoms with van der Waals surface area (Å²) in [5.41, 5.74) is -0.101. The van der Waals surface area contributed by atoms with E-state index in [4.69, 9.17) is 9.47 Å². The lowest BCUT2D eigenvalue weighted by Crippen LogP contribution is -2.37. The van der Waals surface area contributed by atoms with Gasteiger partial charge in [0.2, 0.25) is 11.8 Å². The Bertz CT molecular complexity index is 507.